The quantitative estimate of drug-likeness (QED) is 0.645. The maximum absolute atomic E-state index is 12.1. The van der Waals surface area contributed by atoms with Gasteiger partial charge in [0.25, 0.3) is 5.91 Å². The average Bonchev–Trinajstić information content (AvgIpc) is 3.28. The number of nitrogens with one attached hydrogen (secondary N) is 3. The topological polar surface area (TPSA) is 126 Å². The number of aromatic nitrogens is 4. The second-order valence-electron chi connectivity index (χ2n) is 5.71. The van der Waals surface area contributed by atoms with Gasteiger partial charge in [-0.25, -0.2) is 0 Å². The molecule has 0 fully saturated rings. The van der Waals surface area contributed by atoms with Crippen molar-refractivity contribution in [1.29, 1.82) is 0 Å². The van der Waals surface area contributed by atoms with Crippen LogP contribution in [0.2, 0.25) is 5.02 Å². The fourth-order valence-corrected chi connectivity index (χ4v) is 2.98. The fourth-order valence-electron chi connectivity index (χ4n) is 2.86. The molecule has 26 heavy (non-hydrogen) atoms. The number of nitrogens with zero attached hydrogens (tertiary/aromatic N) is 3. The summed E-state index contributed by atoms with van der Waals surface area (Å²) < 4.78 is 5.38. The lowest BCUT2D eigenvalue weighted by Crippen LogP contribution is -2.26. The molecule has 9 nitrogen and oxygen atoms in total. The van der Waals surface area contributed by atoms with Gasteiger partial charge in [-0.3, -0.25) is 14.7 Å². The highest BCUT2D eigenvalue weighted by atomic mass is 35.5. The van der Waals surface area contributed by atoms with Crippen LogP contribution in [0.3, 0.4) is 0 Å². The summed E-state index contributed by atoms with van der Waals surface area (Å²) in [5, 5.41) is 16.4. The maximum atomic E-state index is 12.1. The van der Waals surface area contributed by atoms with Crippen molar-refractivity contribution in [3.63, 3.8) is 0 Å². The maximum Gasteiger partial charge on any atom is 0.269 e. The Labute approximate surface area is 152 Å². The van der Waals surface area contributed by atoms with Crippen LogP contribution < -0.4 is 10.6 Å². The SMILES string of the molecule is CNC(=O)c1[nH]nc2c1[C@@H](c1nc(-c3ccc(Cl)cc3)no1)CC(=O)N2. The minimum atomic E-state index is -0.571. The monoisotopic (exact) mass is 372 g/mol. The van der Waals surface area contributed by atoms with Crippen molar-refractivity contribution in [2.75, 3.05) is 12.4 Å². The van der Waals surface area contributed by atoms with Gasteiger partial charge in [-0.15, -0.1) is 0 Å². The van der Waals surface area contributed by atoms with Gasteiger partial charge in [0, 0.05) is 29.6 Å². The van der Waals surface area contributed by atoms with E-state index in [1.807, 2.05) is 0 Å². The second-order valence-corrected chi connectivity index (χ2v) is 6.14. The zero-order chi connectivity index (χ0) is 18.3. The summed E-state index contributed by atoms with van der Waals surface area (Å²) >= 11 is 5.89. The van der Waals surface area contributed by atoms with Crippen LogP contribution in [-0.2, 0) is 4.79 Å². The smallest absolute Gasteiger partial charge is 0.269 e. The normalized spacial score (nSPS) is 16.1. The van der Waals surface area contributed by atoms with Crippen molar-refractivity contribution < 1.29 is 14.1 Å². The van der Waals surface area contributed by atoms with E-state index in [-0.39, 0.29) is 35.6 Å². The van der Waals surface area contributed by atoms with Crippen molar-refractivity contribution in [2.24, 2.45) is 0 Å². The molecule has 132 valence electrons. The largest absolute Gasteiger partial charge is 0.354 e. The number of aromatic amines is 1. The number of anilines is 1. The molecule has 4 rings (SSSR count). The number of carbonyl (C=O) groups excluding carboxylic acids is 2. The molecule has 3 aromatic rings. The molecule has 0 bridgehead atoms. The van der Waals surface area contributed by atoms with Crippen LogP contribution in [-0.4, -0.2) is 39.2 Å². The summed E-state index contributed by atoms with van der Waals surface area (Å²) in [6.45, 7) is 0. The Hall–Kier alpha value is -3.20. The van der Waals surface area contributed by atoms with Crippen LogP contribution >= 0.6 is 11.6 Å². The number of rotatable bonds is 3. The number of amides is 2. The molecule has 1 aliphatic rings. The van der Waals surface area contributed by atoms with Crippen molar-refractivity contribution in [2.45, 2.75) is 12.3 Å². The first-order valence-electron chi connectivity index (χ1n) is 7.76. The molecule has 0 unspecified atom stereocenters. The van der Waals surface area contributed by atoms with E-state index in [2.05, 4.69) is 31.0 Å². The molecular formula is C16H13ClN6O3. The Morgan fingerprint density at radius 1 is 1.35 bits per heavy atom. The second kappa shape index (κ2) is 6.26. The third kappa shape index (κ3) is 2.72. The third-order valence-electron chi connectivity index (χ3n) is 4.10. The van der Waals surface area contributed by atoms with Gasteiger partial charge in [-0.05, 0) is 24.3 Å². The summed E-state index contributed by atoms with van der Waals surface area (Å²) in [4.78, 5) is 28.5. The minimum absolute atomic E-state index is 0.0682. The molecule has 0 saturated heterocycles. The number of H-pyrrole nitrogens is 1. The van der Waals surface area contributed by atoms with Crippen LogP contribution in [0.4, 0.5) is 5.82 Å². The fraction of sp³-hybridized carbons (Fsp3) is 0.188. The van der Waals surface area contributed by atoms with E-state index < -0.39 is 5.92 Å². The van der Waals surface area contributed by atoms with Crippen LogP contribution in [0.25, 0.3) is 11.4 Å². The van der Waals surface area contributed by atoms with Crippen LogP contribution in [0.1, 0.15) is 34.3 Å². The average molecular weight is 373 g/mol. The number of halogens is 1. The molecule has 3 heterocycles. The van der Waals surface area contributed by atoms with Crippen LogP contribution in [0.5, 0.6) is 0 Å². The van der Waals surface area contributed by atoms with Gasteiger partial charge in [0.1, 0.15) is 5.69 Å². The first-order valence-corrected chi connectivity index (χ1v) is 8.14. The molecule has 3 N–H and O–H groups in total. The Balaban J connectivity index is 1.75. The van der Waals surface area contributed by atoms with Gasteiger partial charge < -0.3 is 15.2 Å². The summed E-state index contributed by atoms with van der Waals surface area (Å²) in [6.07, 6.45) is 0.0682. The highest BCUT2D eigenvalue weighted by Gasteiger charge is 2.36. The zero-order valence-corrected chi connectivity index (χ0v) is 14.3. The van der Waals surface area contributed by atoms with Gasteiger partial charge in [0.05, 0.1) is 5.92 Å². The summed E-state index contributed by atoms with van der Waals surface area (Å²) in [5.41, 5.74) is 1.50. The van der Waals surface area contributed by atoms with Crippen LogP contribution in [0, 0.1) is 0 Å². The van der Waals surface area contributed by atoms with Gasteiger partial charge in [0.15, 0.2) is 5.82 Å². The van der Waals surface area contributed by atoms with Crippen molar-refractivity contribution >= 4 is 29.2 Å². The van der Waals surface area contributed by atoms with E-state index in [4.69, 9.17) is 16.1 Å². The van der Waals surface area contributed by atoms with E-state index in [0.29, 0.717) is 16.4 Å². The molecule has 0 saturated carbocycles. The lowest BCUT2D eigenvalue weighted by molar-refractivity contribution is -0.116. The molecule has 2 aromatic heterocycles. The molecular weight excluding hydrogens is 360 g/mol. The zero-order valence-electron chi connectivity index (χ0n) is 13.5. The summed E-state index contributed by atoms with van der Waals surface area (Å²) in [5.74, 6) is -0.276. The lowest BCUT2D eigenvalue weighted by atomic mass is 9.91. The molecule has 1 aliphatic heterocycles. The predicted octanol–water partition coefficient (Wildman–Crippen LogP) is 1.95. The summed E-state index contributed by atoms with van der Waals surface area (Å²) in [7, 11) is 1.51. The minimum Gasteiger partial charge on any atom is -0.354 e. The number of carbonyl (C=O) groups is 2. The van der Waals surface area contributed by atoms with E-state index in [1.54, 1.807) is 24.3 Å². The molecule has 10 heteroatoms. The molecule has 0 spiro atoms. The Kier molecular flexibility index (Phi) is 3.92. The van der Waals surface area contributed by atoms with Crippen molar-refractivity contribution in [3.8, 4) is 11.4 Å². The first kappa shape index (κ1) is 16.3. The first-order chi connectivity index (χ1) is 12.6. The lowest BCUT2D eigenvalue weighted by Gasteiger charge is -2.19. The molecule has 2 amide bonds. The van der Waals surface area contributed by atoms with Crippen molar-refractivity contribution in [1.82, 2.24) is 25.7 Å². The van der Waals surface area contributed by atoms with Crippen molar-refractivity contribution in [3.05, 3.63) is 46.4 Å². The molecule has 0 radical (unpaired) electrons. The van der Waals surface area contributed by atoms with E-state index in [9.17, 15) is 9.59 Å². The van der Waals surface area contributed by atoms with E-state index in [1.165, 1.54) is 7.05 Å². The van der Waals surface area contributed by atoms with E-state index in [0.717, 1.165) is 5.56 Å². The van der Waals surface area contributed by atoms with E-state index >= 15 is 0 Å². The molecule has 0 aliphatic carbocycles. The van der Waals surface area contributed by atoms with Gasteiger partial charge in [-0.1, -0.05) is 16.8 Å². The highest BCUT2D eigenvalue weighted by Crippen LogP contribution is 2.38. The number of fused-ring (bicyclic) bond motifs is 1. The predicted molar refractivity (Wildman–Crippen MR) is 91.8 cm³/mol. The van der Waals surface area contributed by atoms with Gasteiger partial charge in [-0.2, -0.15) is 10.1 Å². The summed E-state index contributed by atoms with van der Waals surface area (Å²) in [6, 6.07) is 6.98. The number of hydrogen-bond donors (Lipinski definition) is 3. The number of hydrogen-bond acceptors (Lipinski definition) is 6. The molecule has 1 atom stereocenters. The Bertz CT molecular complexity index is 994. The third-order valence-corrected chi connectivity index (χ3v) is 4.35. The highest BCUT2D eigenvalue weighted by molar-refractivity contribution is 6.30. The Morgan fingerprint density at radius 2 is 2.12 bits per heavy atom. The van der Waals surface area contributed by atoms with Gasteiger partial charge >= 0.3 is 0 Å². The van der Waals surface area contributed by atoms with Crippen LogP contribution in [0.15, 0.2) is 28.8 Å². The van der Waals surface area contributed by atoms with Gasteiger partial charge in [0.2, 0.25) is 17.6 Å². The molecule has 1 aromatic carbocycles. The standard InChI is InChI=1S/C16H13ClN6O3/c1-18-15(25)12-11-9(6-10(24)19-14(11)22-21-12)16-20-13(23-26-16)7-2-4-8(17)5-3-7/h2-5,9H,6H2,1H3,(H,18,25)(H2,19,21,22,24)/t9-/m0/s1. The number of benzene rings is 1. The Morgan fingerprint density at radius 3 is 2.85 bits per heavy atom.